The molecule has 0 saturated heterocycles. The van der Waals surface area contributed by atoms with Crippen LogP contribution in [-0.2, 0) is 13.0 Å². The zero-order chi connectivity index (χ0) is 19.0. The van der Waals surface area contributed by atoms with Crippen molar-refractivity contribution in [2.45, 2.75) is 19.9 Å². The molecule has 0 fully saturated rings. The molecular formula is C20H16Cl2N2O3. The number of nitrogens with zero attached hydrogens (tertiary/aromatic N) is 1. The molecule has 0 bridgehead atoms. The Bertz CT molecular complexity index is 1010. The van der Waals surface area contributed by atoms with Crippen molar-refractivity contribution in [2.24, 2.45) is 0 Å². The van der Waals surface area contributed by atoms with Crippen LogP contribution in [0, 0.1) is 6.92 Å². The normalized spacial score (nSPS) is 12.6. The molecule has 27 heavy (non-hydrogen) atoms. The highest BCUT2D eigenvalue weighted by Crippen LogP contribution is 2.36. The second-order valence-corrected chi connectivity index (χ2v) is 7.10. The summed E-state index contributed by atoms with van der Waals surface area (Å²) in [6.45, 7) is 2.77. The standard InChI is InChI=1S/C20H16Cl2N2O3/c1-11-17(19(24-27-11)18-14(21)3-2-4-15(18)22)20(25)23-10-12-5-6-16-13(9-12)7-8-26-16/h2-6,9H,7-8,10H2,1H3,(H,23,25). The van der Waals surface area contributed by atoms with Gasteiger partial charge in [0.05, 0.1) is 16.7 Å². The lowest BCUT2D eigenvalue weighted by molar-refractivity contribution is 0.0950. The molecule has 0 spiro atoms. The molecule has 0 saturated carbocycles. The topological polar surface area (TPSA) is 64.4 Å². The lowest BCUT2D eigenvalue weighted by Crippen LogP contribution is -2.23. The molecule has 138 valence electrons. The van der Waals surface area contributed by atoms with Crippen LogP contribution in [0.3, 0.4) is 0 Å². The minimum Gasteiger partial charge on any atom is -0.493 e. The van der Waals surface area contributed by atoms with Gasteiger partial charge in [-0.3, -0.25) is 4.79 Å². The Hall–Kier alpha value is -2.50. The number of hydrogen-bond donors (Lipinski definition) is 1. The molecule has 1 amide bonds. The summed E-state index contributed by atoms with van der Waals surface area (Å²) in [5.41, 5.74) is 3.31. The van der Waals surface area contributed by atoms with E-state index in [1.54, 1.807) is 25.1 Å². The van der Waals surface area contributed by atoms with E-state index in [0.29, 0.717) is 45.8 Å². The highest BCUT2D eigenvalue weighted by Gasteiger charge is 2.24. The first-order chi connectivity index (χ1) is 13.0. The number of aryl methyl sites for hydroxylation is 1. The van der Waals surface area contributed by atoms with E-state index in [2.05, 4.69) is 16.5 Å². The Kier molecular flexibility index (Phi) is 4.81. The Labute approximate surface area is 166 Å². The van der Waals surface area contributed by atoms with E-state index in [-0.39, 0.29) is 5.91 Å². The largest absolute Gasteiger partial charge is 0.493 e. The van der Waals surface area contributed by atoms with Crippen molar-refractivity contribution in [3.05, 3.63) is 68.9 Å². The van der Waals surface area contributed by atoms with Crippen LogP contribution in [-0.4, -0.2) is 17.7 Å². The fourth-order valence-corrected chi connectivity index (χ4v) is 3.73. The average Bonchev–Trinajstić information content (AvgIpc) is 3.26. The summed E-state index contributed by atoms with van der Waals surface area (Å²) in [5, 5.41) is 7.74. The van der Waals surface area contributed by atoms with Crippen molar-refractivity contribution in [1.29, 1.82) is 0 Å². The number of ether oxygens (including phenoxy) is 1. The van der Waals surface area contributed by atoms with Gasteiger partial charge in [-0.05, 0) is 36.2 Å². The first-order valence-electron chi connectivity index (χ1n) is 8.48. The van der Waals surface area contributed by atoms with Gasteiger partial charge in [-0.25, -0.2) is 0 Å². The van der Waals surface area contributed by atoms with Crippen LogP contribution in [0.2, 0.25) is 10.0 Å². The maximum atomic E-state index is 12.8. The number of amides is 1. The third-order valence-electron chi connectivity index (χ3n) is 4.50. The maximum absolute atomic E-state index is 12.8. The van der Waals surface area contributed by atoms with E-state index in [0.717, 1.165) is 23.3 Å². The van der Waals surface area contributed by atoms with E-state index in [1.165, 1.54) is 0 Å². The third-order valence-corrected chi connectivity index (χ3v) is 5.13. The highest BCUT2D eigenvalue weighted by atomic mass is 35.5. The third kappa shape index (κ3) is 3.40. The quantitative estimate of drug-likeness (QED) is 0.678. The Morgan fingerprint density at radius 1 is 1.22 bits per heavy atom. The van der Waals surface area contributed by atoms with Crippen molar-refractivity contribution >= 4 is 29.1 Å². The fraction of sp³-hybridized carbons (Fsp3) is 0.200. The molecule has 5 nitrogen and oxygen atoms in total. The first kappa shape index (κ1) is 17.9. The molecular weight excluding hydrogens is 387 g/mol. The fourth-order valence-electron chi connectivity index (χ4n) is 3.15. The number of rotatable bonds is 4. The van der Waals surface area contributed by atoms with Crippen LogP contribution in [0.1, 0.15) is 27.2 Å². The molecule has 2 aromatic carbocycles. The summed E-state index contributed by atoms with van der Waals surface area (Å²) in [5.74, 6) is 1.02. The van der Waals surface area contributed by atoms with Crippen molar-refractivity contribution in [3.63, 3.8) is 0 Å². The van der Waals surface area contributed by atoms with Gasteiger partial charge in [-0.1, -0.05) is 46.6 Å². The number of halogens is 2. The van der Waals surface area contributed by atoms with E-state index in [1.807, 2.05) is 12.1 Å². The Balaban J connectivity index is 1.59. The summed E-state index contributed by atoms with van der Waals surface area (Å²) in [6.07, 6.45) is 0.886. The molecule has 4 rings (SSSR count). The number of hydrogen-bond acceptors (Lipinski definition) is 4. The molecule has 1 aliphatic rings. The molecule has 0 aliphatic carbocycles. The predicted molar refractivity (Wildman–Crippen MR) is 104 cm³/mol. The molecule has 7 heteroatoms. The number of carbonyl (C=O) groups excluding carboxylic acids is 1. The van der Waals surface area contributed by atoms with Crippen LogP contribution in [0.15, 0.2) is 40.9 Å². The molecule has 2 heterocycles. The lowest BCUT2D eigenvalue weighted by Gasteiger charge is -2.09. The first-order valence-corrected chi connectivity index (χ1v) is 9.23. The lowest BCUT2D eigenvalue weighted by atomic mass is 10.0. The number of aromatic nitrogens is 1. The van der Waals surface area contributed by atoms with Crippen molar-refractivity contribution in [2.75, 3.05) is 6.61 Å². The number of carbonyl (C=O) groups is 1. The van der Waals surface area contributed by atoms with E-state index in [4.69, 9.17) is 32.5 Å². The zero-order valence-corrected chi connectivity index (χ0v) is 16.0. The molecule has 3 aromatic rings. The van der Waals surface area contributed by atoms with Crippen LogP contribution >= 0.6 is 23.2 Å². The van der Waals surface area contributed by atoms with Gasteiger partial charge in [0.25, 0.3) is 5.91 Å². The monoisotopic (exact) mass is 402 g/mol. The van der Waals surface area contributed by atoms with Crippen LogP contribution in [0.25, 0.3) is 11.3 Å². The molecule has 0 radical (unpaired) electrons. The van der Waals surface area contributed by atoms with Gasteiger partial charge in [0, 0.05) is 18.5 Å². The number of benzene rings is 2. The van der Waals surface area contributed by atoms with Gasteiger partial charge in [0.15, 0.2) is 0 Å². The molecule has 0 unspecified atom stereocenters. The second-order valence-electron chi connectivity index (χ2n) is 6.28. The summed E-state index contributed by atoms with van der Waals surface area (Å²) >= 11 is 12.5. The van der Waals surface area contributed by atoms with Crippen molar-refractivity contribution in [1.82, 2.24) is 10.5 Å². The van der Waals surface area contributed by atoms with Gasteiger partial charge < -0.3 is 14.6 Å². The highest BCUT2D eigenvalue weighted by molar-refractivity contribution is 6.39. The van der Waals surface area contributed by atoms with E-state index >= 15 is 0 Å². The van der Waals surface area contributed by atoms with E-state index in [9.17, 15) is 4.79 Å². The van der Waals surface area contributed by atoms with Crippen LogP contribution < -0.4 is 10.1 Å². The predicted octanol–water partition coefficient (Wildman–Crippen LogP) is 4.82. The molecule has 1 aromatic heterocycles. The van der Waals surface area contributed by atoms with Crippen LogP contribution in [0.5, 0.6) is 5.75 Å². The number of fused-ring (bicyclic) bond motifs is 1. The van der Waals surface area contributed by atoms with Crippen molar-refractivity contribution < 1.29 is 14.1 Å². The Morgan fingerprint density at radius 3 is 2.78 bits per heavy atom. The summed E-state index contributed by atoms with van der Waals surface area (Å²) in [4.78, 5) is 12.8. The van der Waals surface area contributed by atoms with Crippen molar-refractivity contribution in [3.8, 4) is 17.0 Å². The van der Waals surface area contributed by atoms with E-state index < -0.39 is 0 Å². The summed E-state index contributed by atoms with van der Waals surface area (Å²) in [7, 11) is 0. The van der Waals surface area contributed by atoms with Gasteiger partial charge in [0.2, 0.25) is 0 Å². The van der Waals surface area contributed by atoms with Gasteiger partial charge >= 0.3 is 0 Å². The van der Waals surface area contributed by atoms with Gasteiger partial charge in [-0.15, -0.1) is 0 Å². The Morgan fingerprint density at radius 2 is 2.00 bits per heavy atom. The minimum atomic E-state index is -0.295. The molecule has 1 N–H and O–H groups in total. The SMILES string of the molecule is Cc1onc(-c2c(Cl)cccc2Cl)c1C(=O)NCc1ccc2c(c1)CCO2. The molecule has 0 atom stereocenters. The van der Waals surface area contributed by atoms with Crippen LogP contribution in [0.4, 0.5) is 0 Å². The zero-order valence-electron chi connectivity index (χ0n) is 14.5. The molecule has 1 aliphatic heterocycles. The summed E-state index contributed by atoms with van der Waals surface area (Å²) in [6, 6.07) is 11.1. The smallest absolute Gasteiger partial charge is 0.257 e. The second kappa shape index (κ2) is 7.25. The maximum Gasteiger partial charge on any atom is 0.257 e. The number of nitrogens with one attached hydrogen (secondary N) is 1. The van der Waals surface area contributed by atoms with Gasteiger partial charge in [-0.2, -0.15) is 0 Å². The van der Waals surface area contributed by atoms with Gasteiger partial charge in [0.1, 0.15) is 22.8 Å². The average molecular weight is 403 g/mol. The summed E-state index contributed by atoms with van der Waals surface area (Å²) < 4.78 is 10.8. The minimum absolute atomic E-state index is 0.295.